The Morgan fingerprint density at radius 2 is 1.55 bits per heavy atom. The first-order chi connectivity index (χ1) is 13.4. The van der Waals surface area contributed by atoms with Crippen LogP contribution in [0.15, 0.2) is 29.9 Å². The molecule has 0 saturated carbocycles. The van der Waals surface area contributed by atoms with Crippen LogP contribution < -0.4 is 5.01 Å². The maximum absolute atomic E-state index is 13.1. The third-order valence-corrected chi connectivity index (χ3v) is 3.07. The zero-order valence-electron chi connectivity index (χ0n) is 14.4. The summed E-state index contributed by atoms with van der Waals surface area (Å²) in [4.78, 5) is 18.6. The van der Waals surface area contributed by atoms with E-state index in [2.05, 4.69) is 42.2 Å². The van der Waals surface area contributed by atoms with Crippen molar-refractivity contribution < 1.29 is 37.7 Å². The molecule has 0 atom stereocenters. The molecule has 1 aliphatic heterocycles. The number of halogens is 4. The number of nitrogens with zero attached hydrogens (tertiary/aromatic N) is 8. The molecule has 1 aliphatic rings. The molecule has 0 saturated heterocycles. The van der Waals surface area contributed by atoms with Gasteiger partial charge >= 0.3 is 20.1 Å². The summed E-state index contributed by atoms with van der Waals surface area (Å²) in [6, 6.07) is 6.64. The average Bonchev–Trinajstić information content (AvgIpc) is 3.09. The quantitative estimate of drug-likeness (QED) is 0.260. The smallest absolute Gasteiger partial charge is 0.493 e. The van der Waals surface area contributed by atoms with Gasteiger partial charge in [-0.25, -0.2) is 13.8 Å². The van der Waals surface area contributed by atoms with Crippen molar-refractivity contribution in [3.63, 3.8) is 0 Å². The van der Waals surface area contributed by atoms with Crippen LogP contribution in [0.3, 0.4) is 0 Å². The van der Waals surface area contributed by atoms with Crippen LogP contribution in [-0.2, 0) is 20.1 Å². The summed E-state index contributed by atoms with van der Waals surface area (Å²) in [5, 5.41) is 5.05. The van der Waals surface area contributed by atoms with Crippen LogP contribution in [0, 0.1) is 42.6 Å². The van der Waals surface area contributed by atoms with E-state index < -0.39 is 23.8 Å². The van der Waals surface area contributed by atoms with Gasteiger partial charge in [-0.05, 0) is 12.7 Å². The van der Waals surface area contributed by atoms with Crippen molar-refractivity contribution in [1.82, 2.24) is 29.8 Å². The topological polar surface area (TPSA) is 83.3 Å². The molecule has 0 fully saturated rings. The Labute approximate surface area is 175 Å². The molecule has 4 rings (SSSR count). The summed E-state index contributed by atoms with van der Waals surface area (Å²) < 4.78 is 51.0. The molecule has 29 heavy (non-hydrogen) atoms. The standard InChI is InChI=1S/C8H6F2N4.C8H3F2N4.Ir/c1-13-4-11-14(5-13)6-2-3-7(9)12-8(6)10;9-6-2-1-5(7(10)14-6)8-12-3-11-4-13-8;/h3-5H,1H3;2-4H;/q-2;-1;+3. The van der Waals surface area contributed by atoms with Crippen molar-refractivity contribution in [1.29, 1.82) is 0 Å². The third kappa shape index (κ3) is 5.72. The minimum Gasteiger partial charge on any atom is -0.493 e. The molecule has 3 aromatic rings. The zero-order chi connectivity index (χ0) is 20.1. The molecular formula is C16H9F4IrN8. The van der Waals surface area contributed by atoms with E-state index in [1.165, 1.54) is 30.7 Å². The second kappa shape index (κ2) is 9.94. The molecule has 3 aromatic heterocycles. The van der Waals surface area contributed by atoms with E-state index in [0.29, 0.717) is 0 Å². The van der Waals surface area contributed by atoms with Crippen LogP contribution in [0.5, 0.6) is 0 Å². The number of pyridine rings is 2. The van der Waals surface area contributed by atoms with E-state index in [1.807, 2.05) is 0 Å². The molecule has 0 bridgehead atoms. The van der Waals surface area contributed by atoms with Gasteiger partial charge in [0.05, 0.1) is 18.1 Å². The van der Waals surface area contributed by atoms with Crippen LogP contribution in [0.1, 0.15) is 0 Å². The summed E-state index contributed by atoms with van der Waals surface area (Å²) in [6.07, 6.45) is 3.90. The summed E-state index contributed by atoms with van der Waals surface area (Å²) >= 11 is 0. The SMILES string of the molecule is CN1C=NN(c2[c-]cc(F)nc2F)[CH-]1.Fc1c[c-]c(-c2ncncn2)c(F)n1.[Ir+3]. The molecule has 150 valence electrons. The number of anilines is 1. The summed E-state index contributed by atoms with van der Waals surface area (Å²) in [7, 11) is 1.73. The molecular weight excluding hydrogens is 572 g/mol. The van der Waals surface area contributed by atoms with Crippen molar-refractivity contribution in [3.8, 4) is 11.4 Å². The van der Waals surface area contributed by atoms with Crippen LogP contribution >= 0.6 is 0 Å². The van der Waals surface area contributed by atoms with Gasteiger partial charge in [0.1, 0.15) is 30.5 Å². The van der Waals surface area contributed by atoms with Crippen LogP contribution in [-0.4, -0.2) is 43.2 Å². The first kappa shape index (κ1) is 22.2. The molecule has 0 amide bonds. The normalized spacial score (nSPS) is 12.3. The number of hydrazone groups is 1. The fourth-order valence-corrected chi connectivity index (χ4v) is 1.91. The van der Waals surface area contributed by atoms with Crippen molar-refractivity contribution >= 4 is 12.0 Å². The molecule has 8 nitrogen and oxygen atoms in total. The predicted molar refractivity (Wildman–Crippen MR) is 87.8 cm³/mol. The molecule has 0 aliphatic carbocycles. The number of hydrogen-bond donors (Lipinski definition) is 0. The Kier molecular flexibility index (Phi) is 7.62. The first-order valence-corrected chi connectivity index (χ1v) is 7.44. The van der Waals surface area contributed by atoms with E-state index in [9.17, 15) is 17.6 Å². The zero-order valence-corrected chi connectivity index (χ0v) is 16.8. The molecule has 0 aromatic carbocycles. The molecule has 0 unspecified atom stereocenters. The Balaban J connectivity index is 0.000000200. The maximum Gasteiger partial charge on any atom is 3.00 e. The van der Waals surface area contributed by atoms with Gasteiger partial charge in [-0.2, -0.15) is 11.2 Å². The monoisotopic (exact) mass is 582 g/mol. The Morgan fingerprint density at radius 1 is 0.931 bits per heavy atom. The molecule has 0 spiro atoms. The van der Waals surface area contributed by atoms with E-state index >= 15 is 0 Å². The Hall–Kier alpha value is -3.05. The van der Waals surface area contributed by atoms with Gasteiger partial charge in [0.25, 0.3) is 0 Å². The molecule has 4 heterocycles. The second-order valence-corrected chi connectivity index (χ2v) is 5.07. The minimum absolute atomic E-state index is 0. The van der Waals surface area contributed by atoms with E-state index in [1.54, 1.807) is 11.9 Å². The van der Waals surface area contributed by atoms with Gasteiger partial charge in [0.15, 0.2) is 0 Å². The van der Waals surface area contributed by atoms with Crippen molar-refractivity contribution in [3.05, 3.63) is 67.4 Å². The molecule has 0 radical (unpaired) electrons. The Bertz CT molecular complexity index is 992. The summed E-state index contributed by atoms with van der Waals surface area (Å²) in [5.74, 6) is -3.68. The largest absolute Gasteiger partial charge is 3.00 e. The Morgan fingerprint density at radius 3 is 2.10 bits per heavy atom. The van der Waals surface area contributed by atoms with E-state index in [4.69, 9.17) is 0 Å². The molecule has 0 N–H and O–H groups in total. The molecule has 13 heteroatoms. The van der Waals surface area contributed by atoms with Crippen molar-refractivity contribution in [2.75, 3.05) is 12.1 Å². The average molecular weight is 582 g/mol. The maximum atomic E-state index is 13.1. The minimum atomic E-state index is -0.990. The summed E-state index contributed by atoms with van der Waals surface area (Å²) in [6.45, 7) is 1.52. The third-order valence-electron chi connectivity index (χ3n) is 3.07. The van der Waals surface area contributed by atoms with Crippen LogP contribution in [0.2, 0.25) is 0 Å². The number of aromatic nitrogens is 5. The van der Waals surface area contributed by atoms with Gasteiger partial charge in [-0.15, -0.1) is 18.8 Å². The van der Waals surface area contributed by atoms with E-state index in [0.717, 1.165) is 12.1 Å². The van der Waals surface area contributed by atoms with Crippen molar-refractivity contribution in [2.45, 2.75) is 0 Å². The van der Waals surface area contributed by atoms with Gasteiger partial charge in [0, 0.05) is 0 Å². The number of hydrogen-bond acceptors (Lipinski definition) is 8. The fourth-order valence-electron chi connectivity index (χ4n) is 1.91. The van der Waals surface area contributed by atoms with Crippen LogP contribution in [0.4, 0.5) is 23.2 Å². The summed E-state index contributed by atoms with van der Waals surface area (Å²) in [5.41, 5.74) is -0.0826. The first-order valence-electron chi connectivity index (χ1n) is 7.44. The number of rotatable bonds is 2. The fraction of sp³-hybridized carbons (Fsp3) is 0.0625. The van der Waals surface area contributed by atoms with Gasteiger partial charge in [-0.1, -0.05) is 11.6 Å². The second-order valence-electron chi connectivity index (χ2n) is 5.07. The van der Waals surface area contributed by atoms with Gasteiger partial charge in [-0.3, -0.25) is 23.7 Å². The predicted octanol–water partition coefficient (Wildman–Crippen LogP) is 1.98. The van der Waals surface area contributed by atoms with Gasteiger partial charge in [0.2, 0.25) is 0 Å². The van der Waals surface area contributed by atoms with Crippen molar-refractivity contribution in [2.24, 2.45) is 5.10 Å². The van der Waals surface area contributed by atoms with Gasteiger partial charge < -0.3 is 14.9 Å². The van der Waals surface area contributed by atoms with Crippen LogP contribution in [0.25, 0.3) is 11.4 Å². The van der Waals surface area contributed by atoms with E-state index in [-0.39, 0.29) is 37.2 Å².